The van der Waals surface area contributed by atoms with Crippen LogP contribution in [0.3, 0.4) is 0 Å². The van der Waals surface area contributed by atoms with Crippen LogP contribution in [0.4, 0.5) is 0 Å². The van der Waals surface area contributed by atoms with Gasteiger partial charge in [-0.2, -0.15) is 0 Å². The Bertz CT molecular complexity index is 322. The first-order valence-electron chi connectivity index (χ1n) is 5.17. The number of rotatable bonds is 2. The molecule has 0 aliphatic carbocycles. The van der Waals surface area contributed by atoms with E-state index in [2.05, 4.69) is 30.4 Å². The Hall–Kier alpha value is -0.860. The van der Waals surface area contributed by atoms with Gasteiger partial charge in [0.15, 0.2) is 0 Å². The molecule has 1 aromatic rings. The number of benzene rings is 1. The molecule has 1 atom stereocenters. The Morgan fingerprint density at radius 1 is 1.50 bits per heavy atom. The molecule has 0 saturated heterocycles. The lowest BCUT2D eigenvalue weighted by atomic mass is 9.93. The first kappa shape index (κ1) is 9.69. The fraction of sp³-hybridized carbons (Fsp3) is 0.500. The topological polar surface area (TPSA) is 21.3 Å². The number of likely N-dealkylation sites (N-methyl/N-ethyl adjacent to an activating group) is 1. The van der Waals surface area contributed by atoms with E-state index in [0.717, 1.165) is 19.6 Å². The zero-order valence-electron chi connectivity index (χ0n) is 8.84. The third-order valence-electron chi connectivity index (χ3n) is 2.85. The molecule has 0 radical (unpaired) electrons. The van der Waals surface area contributed by atoms with Gasteiger partial charge < -0.3 is 10.1 Å². The zero-order chi connectivity index (χ0) is 9.97. The number of hydrogen-bond donors (Lipinski definition) is 1. The van der Waals surface area contributed by atoms with Gasteiger partial charge in [0, 0.05) is 6.54 Å². The third kappa shape index (κ3) is 1.68. The van der Waals surface area contributed by atoms with Gasteiger partial charge in [0.05, 0.1) is 12.7 Å². The molecule has 2 nitrogen and oxygen atoms in total. The lowest BCUT2D eigenvalue weighted by molar-refractivity contribution is 0.0436. The molecule has 0 aromatic heterocycles. The van der Waals surface area contributed by atoms with Crippen LogP contribution in [-0.2, 0) is 11.2 Å². The Balaban J connectivity index is 2.34. The molecule has 0 amide bonds. The highest BCUT2D eigenvalue weighted by Crippen LogP contribution is 2.28. The summed E-state index contributed by atoms with van der Waals surface area (Å²) >= 11 is 0. The van der Waals surface area contributed by atoms with Crippen molar-refractivity contribution in [3.8, 4) is 0 Å². The van der Waals surface area contributed by atoms with Gasteiger partial charge in [0.1, 0.15) is 0 Å². The second-order valence-corrected chi connectivity index (χ2v) is 3.81. The standard InChI is InChI=1S/C12H17NO/c1-9-4-3-5-11-10(9)6-7-14-12(11)8-13-2/h3-5,12-13H,6-8H2,1-2H3/t12-/m1/s1. The quantitative estimate of drug-likeness (QED) is 0.770. The van der Waals surface area contributed by atoms with E-state index in [1.165, 1.54) is 16.7 Å². The summed E-state index contributed by atoms with van der Waals surface area (Å²) in [5, 5.41) is 3.17. The van der Waals surface area contributed by atoms with Crippen molar-refractivity contribution in [1.82, 2.24) is 5.32 Å². The van der Waals surface area contributed by atoms with Crippen molar-refractivity contribution >= 4 is 0 Å². The number of aryl methyl sites for hydroxylation is 1. The fourth-order valence-electron chi connectivity index (χ4n) is 2.12. The van der Waals surface area contributed by atoms with E-state index in [9.17, 15) is 0 Å². The SMILES string of the molecule is CNC[C@H]1OCCc2c(C)cccc21. The van der Waals surface area contributed by atoms with Crippen molar-refractivity contribution in [3.63, 3.8) is 0 Å². The van der Waals surface area contributed by atoms with Gasteiger partial charge in [0.2, 0.25) is 0 Å². The summed E-state index contributed by atoms with van der Waals surface area (Å²) < 4.78 is 5.74. The third-order valence-corrected chi connectivity index (χ3v) is 2.85. The summed E-state index contributed by atoms with van der Waals surface area (Å²) in [6.07, 6.45) is 1.30. The van der Waals surface area contributed by atoms with Crippen LogP contribution in [0.2, 0.25) is 0 Å². The van der Waals surface area contributed by atoms with Crippen molar-refractivity contribution < 1.29 is 4.74 Å². The molecular weight excluding hydrogens is 174 g/mol. The molecular formula is C12H17NO. The Labute approximate surface area is 85.3 Å². The average Bonchev–Trinajstić information content (AvgIpc) is 2.20. The van der Waals surface area contributed by atoms with Gasteiger partial charge in [-0.05, 0) is 37.1 Å². The molecule has 0 saturated carbocycles. The molecule has 1 N–H and O–H groups in total. The van der Waals surface area contributed by atoms with Crippen molar-refractivity contribution in [3.05, 3.63) is 34.9 Å². The predicted molar refractivity (Wildman–Crippen MR) is 57.5 cm³/mol. The maximum absolute atomic E-state index is 5.74. The van der Waals surface area contributed by atoms with E-state index >= 15 is 0 Å². The summed E-state index contributed by atoms with van der Waals surface area (Å²) in [5.74, 6) is 0. The molecule has 1 heterocycles. The lowest BCUT2D eigenvalue weighted by Crippen LogP contribution is -2.25. The van der Waals surface area contributed by atoms with Gasteiger partial charge in [-0.3, -0.25) is 0 Å². The Morgan fingerprint density at radius 3 is 3.14 bits per heavy atom. The van der Waals surface area contributed by atoms with Crippen molar-refractivity contribution in [1.29, 1.82) is 0 Å². The van der Waals surface area contributed by atoms with Crippen LogP contribution in [0.1, 0.15) is 22.8 Å². The molecule has 1 aromatic carbocycles. The zero-order valence-corrected chi connectivity index (χ0v) is 8.84. The first-order chi connectivity index (χ1) is 6.83. The van der Waals surface area contributed by atoms with E-state index in [-0.39, 0.29) is 6.10 Å². The predicted octanol–water partition coefficient (Wildman–Crippen LogP) is 1.83. The van der Waals surface area contributed by atoms with E-state index in [1.54, 1.807) is 0 Å². The average molecular weight is 191 g/mol. The van der Waals surface area contributed by atoms with Crippen LogP contribution >= 0.6 is 0 Å². The largest absolute Gasteiger partial charge is 0.372 e. The highest BCUT2D eigenvalue weighted by molar-refractivity contribution is 5.37. The first-order valence-corrected chi connectivity index (χ1v) is 5.17. The second-order valence-electron chi connectivity index (χ2n) is 3.81. The van der Waals surface area contributed by atoms with E-state index in [0.29, 0.717) is 0 Å². The molecule has 14 heavy (non-hydrogen) atoms. The van der Waals surface area contributed by atoms with Crippen LogP contribution in [0, 0.1) is 6.92 Å². The normalized spacial score (nSPS) is 20.6. The Morgan fingerprint density at radius 2 is 2.36 bits per heavy atom. The molecule has 0 unspecified atom stereocenters. The van der Waals surface area contributed by atoms with E-state index in [4.69, 9.17) is 4.74 Å². The second kappa shape index (κ2) is 4.11. The van der Waals surface area contributed by atoms with Crippen LogP contribution in [-0.4, -0.2) is 20.2 Å². The van der Waals surface area contributed by atoms with E-state index in [1.807, 2.05) is 7.05 Å². The van der Waals surface area contributed by atoms with Crippen molar-refractivity contribution in [2.75, 3.05) is 20.2 Å². The summed E-state index contributed by atoms with van der Waals surface area (Å²) in [4.78, 5) is 0. The maximum atomic E-state index is 5.74. The minimum absolute atomic E-state index is 0.239. The number of ether oxygens (including phenoxy) is 1. The smallest absolute Gasteiger partial charge is 0.0951 e. The highest BCUT2D eigenvalue weighted by Gasteiger charge is 2.20. The fourth-order valence-corrected chi connectivity index (χ4v) is 2.12. The molecule has 0 fully saturated rings. The molecule has 2 rings (SSSR count). The molecule has 2 heteroatoms. The molecule has 0 spiro atoms. The minimum atomic E-state index is 0.239. The monoisotopic (exact) mass is 191 g/mol. The van der Waals surface area contributed by atoms with Gasteiger partial charge in [-0.25, -0.2) is 0 Å². The summed E-state index contributed by atoms with van der Waals surface area (Å²) in [5.41, 5.74) is 4.25. The number of hydrogen-bond acceptors (Lipinski definition) is 2. The van der Waals surface area contributed by atoms with E-state index < -0.39 is 0 Å². The van der Waals surface area contributed by atoms with Gasteiger partial charge in [-0.15, -0.1) is 0 Å². The number of nitrogens with one attached hydrogen (secondary N) is 1. The van der Waals surface area contributed by atoms with Crippen LogP contribution in [0.25, 0.3) is 0 Å². The van der Waals surface area contributed by atoms with Crippen LogP contribution in [0.5, 0.6) is 0 Å². The highest BCUT2D eigenvalue weighted by atomic mass is 16.5. The summed E-state index contributed by atoms with van der Waals surface area (Å²) in [7, 11) is 1.97. The maximum Gasteiger partial charge on any atom is 0.0951 e. The van der Waals surface area contributed by atoms with Crippen molar-refractivity contribution in [2.45, 2.75) is 19.4 Å². The summed E-state index contributed by atoms with van der Waals surface area (Å²) in [6.45, 7) is 3.93. The molecule has 1 aliphatic rings. The molecule has 76 valence electrons. The van der Waals surface area contributed by atoms with Gasteiger partial charge in [-0.1, -0.05) is 18.2 Å². The Kier molecular flexibility index (Phi) is 2.85. The molecule has 1 aliphatic heterocycles. The lowest BCUT2D eigenvalue weighted by Gasteiger charge is -2.27. The van der Waals surface area contributed by atoms with Gasteiger partial charge in [0.25, 0.3) is 0 Å². The van der Waals surface area contributed by atoms with Crippen LogP contribution < -0.4 is 5.32 Å². The van der Waals surface area contributed by atoms with Crippen LogP contribution in [0.15, 0.2) is 18.2 Å². The van der Waals surface area contributed by atoms with Crippen molar-refractivity contribution in [2.24, 2.45) is 0 Å². The number of fused-ring (bicyclic) bond motifs is 1. The summed E-state index contributed by atoms with van der Waals surface area (Å²) in [6, 6.07) is 6.48. The molecule has 0 bridgehead atoms. The minimum Gasteiger partial charge on any atom is -0.372 e. The van der Waals surface area contributed by atoms with Gasteiger partial charge >= 0.3 is 0 Å².